The van der Waals surface area contributed by atoms with E-state index in [1.54, 1.807) is 48.5 Å². The summed E-state index contributed by atoms with van der Waals surface area (Å²) >= 11 is 6.89. The number of nitrogens with zero attached hydrogens (tertiary/aromatic N) is 2. The van der Waals surface area contributed by atoms with Crippen LogP contribution in [-0.2, 0) is 4.79 Å². The van der Waals surface area contributed by atoms with Crippen molar-refractivity contribution in [2.45, 2.75) is 44.2 Å². The lowest BCUT2D eigenvalue weighted by Gasteiger charge is -2.34. The van der Waals surface area contributed by atoms with Crippen LogP contribution in [0.1, 0.15) is 63.9 Å². The minimum Gasteiger partial charge on any atom is -0.495 e. The van der Waals surface area contributed by atoms with Gasteiger partial charge in [-0.1, -0.05) is 55.1 Å². The molecule has 1 atom stereocenters. The van der Waals surface area contributed by atoms with Crippen molar-refractivity contribution >= 4 is 52.2 Å². The second-order valence-corrected chi connectivity index (χ2v) is 9.99. The van der Waals surface area contributed by atoms with Gasteiger partial charge in [-0.3, -0.25) is 19.3 Å². The zero-order valence-electron chi connectivity index (χ0n) is 20.3. The van der Waals surface area contributed by atoms with E-state index < -0.39 is 17.9 Å². The van der Waals surface area contributed by atoms with E-state index in [4.69, 9.17) is 27.8 Å². The lowest BCUT2D eigenvalue weighted by Crippen LogP contribution is -2.47. The number of ether oxygens (including phenoxy) is 1. The zero-order valence-corrected chi connectivity index (χ0v) is 21.8. The highest BCUT2D eigenvalue weighted by molar-refractivity contribution is 7.09. The average molecular weight is 542 g/mol. The third-order valence-corrected chi connectivity index (χ3v) is 7.47. The van der Waals surface area contributed by atoms with Gasteiger partial charge in [-0.25, -0.2) is 0 Å². The molecule has 0 radical (unpaired) electrons. The number of rotatable bonds is 8. The van der Waals surface area contributed by atoms with E-state index in [0.29, 0.717) is 22.0 Å². The van der Waals surface area contributed by atoms with Crippen molar-refractivity contribution in [3.05, 3.63) is 69.7 Å². The molecule has 5 N–H and O–H groups in total. The Morgan fingerprint density at radius 2 is 1.78 bits per heavy atom. The molecule has 3 aromatic rings. The number of hydrogen-bond acceptors (Lipinski definition) is 7. The quantitative estimate of drug-likeness (QED) is 0.388. The number of hydrogen-bond donors (Lipinski definition) is 3. The lowest BCUT2D eigenvalue weighted by molar-refractivity contribution is -0.123. The minimum absolute atomic E-state index is 0.000564. The van der Waals surface area contributed by atoms with E-state index in [1.165, 1.54) is 12.0 Å². The Balaban J connectivity index is 1.87. The van der Waals surface area contributed by atoms with Crippen LogP contribution in [0.25, 0.3) is 0 Å². The number of amides is 3. The molecule has 3 amide bonds. The molecule has 37 heavy (non-hydrogen) atoms. The summed E-state index contributed by atoms with van der Waals surface area (Å²) in [6, 6.07) is 12.5. The molecule has 9 nitrogen and oxygen atoms in total. The van der Waals surface area contributed by atoms with Crippen LogP contribution in [0.15, 0.2) is 48.5 Å². The number of benzene rings is 2. The molecule has 1 saturated carbocycles. The first-order chi connectivity index (χ1) is 17.8. The highest BCUT2D eigenvalue weighted by atomic mass is 35.5. The number of nitrogens with two attached hydrogens (primary N) is 2. The van der Waals surface area contributed by atoms with Crippen molar-refractivity contribution in [1.82, 2.24) is 9.69 Å². The monoisotopic (exact) mass is 541 g/mol. The van der Waals surface area contributed by atoms with Gasteiger partial charge in [0.1, 0.15) is 16.7 Å². The lowest BCUT2D eigenvalue weighted by atomic mass is 9.94. The maximum absolute atomic E-state index is 14.2. The predicted octanol–water partition coefficient (Wildman–Crippen LogP) is 4.32. The molecule has 11 heteroatoms. The Bertz CT molecular complexity index is 1290. The van der Waals surface area contributed by atoms with Gasteiger partial charge in [0.05, 0.1) is 18.5 Å². The number of carbonyl (C=O) groups excluding carboxylic acids is 3. The Morgan fingerprint density at radius 1 is 1.11 bits per heavy atom. The summed E-state index contributed by atoms with van der Waals surface area (Å²) in [6.45, 7) is 0. The number of nitrogen functional groups attached to an aromatic ring is 1. The first-order valence-electron chi connectivity index (χ1n) is 11.9. The largest absolute Gasteiger partial charge is 0.495 e. The van der Waals surface area contributed by atoms with Gasteiger partial charge in [0, 0.05) is 11.1 Å². The normalized spacial score (nSPS) is 14.5. The molecule has 2 aromatic carbocycles. The van der Waals surface area contributed by atoms with Crippen LogP contribution in [0.3, 0.4) is 0 Å². The number of primary amides is 1. The van der Waals surface area contributed by atoms with Crippen LogP contribution in [0, 0.1) is 0 Å². The highest BCUT2D eigenvalue weighted by Crippen LogP contribution is 2.38. The van der Waals surface area contributed by atoms with Crippen molar-refractivity contribution in [3.8, 4) is 5.75 Å². The summed E-state index contributed by atoms with van der Waals surface area (Å²) in [5.74, 6) is -1.45. The maximum atomic E-state index is 14.2. The fourth-order valence-corrected chi connectivity index (χ4v) is 5.39. The molecular weight excluding hydrogens is 514 g/mol. The maximum Gasteiger partial charge on any atom is 0.273 e. The summed E-state index contributed by atoms with van der Waals surface area (Å²) < 4.78 is 9.54. The minimum atomic E-state index is -1.10. The van der Waals surface area contributed by atoms with Gasteiger partial charge in [0.15, 0.2) is 5.69 Å². The third kappa shape index (κ3) is 5.70. The third-order valence-electron chi connectivity index (χ3n) is 6.36. The number of methoxy groups -OCH3 is 1. The van der Waals surface area contributed by atoms with Crippen LogP contribution in [0.2, 0.25) is 5.02 Å². The molecule has 0 aliphatic heterocycles. The number of nitrogens with one attached hydrogen (secondary N) is 1. The van der Waals surface area contributed by atoms with Gasteiger partial charge in [-0.05, 0) is 54.2 Å². The Morgan fingerprint density at radius 3 is 2.41 bits per heavy atom. The molecule has 0 unspecified atom stereocenters. The number of aromatic nitrogens is 1. The zero-order chi connectivity index (χ0) is 26.5. The van der Waals surface area contributed by atoms with Crippen molar-refractivity contribution in [3.63, 3.8) is 0 Å². The topological polar surface area (TPSA) is 141 Å². The molecule has 1 aromatic heterocycles. The Kier molecular flexibility index (Phi) is 8.30. The molecule has 0 bridgehead atoms. The molecule has 1 aliphatic rings. The van der Waals surface area contributed by atoms with Crippen LogP contribution in [0.5, 0.6) is 5.75 Å². The molecule has 1 fully saturated rings. The summed E-state index contributed by atoms with van der Waals surface area (Å²) in [6.07, 6.45) is 4.92. The van der Waals surface area contributed by atoms with Crippen LogP contribution in [0.4, 0.5) is 11.4 Å². The molecule has 0 spiro atoms. The van der Waals surface area contributed by atoms with Gasteiger partial charge in [-0.2, -0.15) is 4.37 Å². The number of carbonyl (C=O) groups is 3. The van der Waals surface area contributed by atoms with Crippen LogP contribution in [-0.4, -0.2) is 35.2 Å². The molecule has 4 rings (SSSR count). The Hall–Kier alpha value is -3.63. The fraction of sp³-hybridized carbons (Fsp3) is 0.308. The summed E-state index contributed by atoms with van der Waals surface area (Å²) in [5, 5.41) is 3.63. The molecule has 1 aliphatic carbocycles. The number of halogens is 1. The molecule has 0 saturated heterocycles. The van der Waals surface area contributed by atoms with Gasteiger partial charge >= 0.3 is 0 Å². The van der Waals surface area contributed by atoms with E-state index >= 15 is 0 Å². The molecule has 1 heterocycles. The fourth-order valence-electron chi connectivity index (χ4n) is 4.52. The highest BCUT2D eigenvalue weighted by Gasteiger charge is 2.38. The van der Waals surface area contributed by atoms with Crippen molar-refractivity contribution in [2.24, 2.45) is 5.73 Å². The SMILES string of the molecule is COc1ccccc1N(C(=O)c1snc(C(N)=O)c1N)[C@H](C(=O)NC1CCCCC1)c1ccc(Cl)cc1. The Labute approximate surface area is 223 Å². The number of para-hydroxylation sites is 2. The summed E-state index contributed by atoms with van der Waals surface area (Å²) in [7, 11) is 1.48. The average Bonchev–Trinajstić information content (AvgIpc) is 3.29. The molecular formula is C26H28ClN5O4S. The van der Waals surface area contributed by atoms with Gasteiger partial charge < -0.3 is 21.5 Å². The smallest absolute Gasteiger partial charge is 0.273 e. The second-order valence-electron chi connectivity index (χ2n) is 8.78. The summed E-state index contributed by atoms with van der Waals surface area (Å²) in [4.78, 5) is 41.2. The predicted molar refractivity (Wildman–Crippen MR) is 144 cm³/mol. The van der Waals surface area contributed by atoms with E-state index in [-0.39, 0.29) is 28.2 Å². The van der Waals surface area contributed by atoms with Crippen molar-refractivity contribution in [2.75, 3.05) is 17.7 Å². The van der Waals surface area contributed by atoms with E-state index in [9.17, 15) is 14.4 Å². The van der Waals surface area contributed by atoms with Crippen LogP contribution < -0.4 is 26.4 Å². The van der Waals surface area contributed by atoms with Gasteiger partial charge in [0.25, 0.3) is 11.8 Å². The van der Waals surface area contributed by atoms with Crippen molar-refractivity contribution in [1.29, 1.82) is 0 Å². The standard InChI is InChI=1S/C26H28ClN5O4S/c1-36-19-10-6-5-9-18(19)32(26(35)23-20(28)21(24(29)33)31-37-23)22(15-11-13-16(27)14-12-15)25(34)30-17-7-3-2-4-8-17/h5-6,9-14,17,22H,2-4,7-8,28H2,1H3,(H2,29,33)(H,30,34)/t22-/m0/s1. The number of anilines is 2. The van der Waals surface area contributed by atoms with E-state index in [1.807, 2.05) is 0 Å². The van der Waals surface area contributed by atoms with E-state index in [0.717, 1.165) is 43.6 Å². The van der Waals surface area contributed by atoms with Crippen LogP contribution >= 0.6 is 23.1 Å². The van der Waals surface area contributed by atoms with Gasteiger partial charge in [0.2, 0.25) is 5.91 Å². The van der Waals surface area contributed by atoms with Crippen molar-refractivity contribution < 1.29 is 19.1 Å². The first-order valence-corrected chi connectivity index (χ1v) is 13.0. The summed E-state index contributed by atoms with van der Waals surface area (Å²) in [5.41, 5.74) is 12.1. The first kappa shape index (κ1) is 26.4. The molecule has 194 valence electrons. The van der Waals surface area contributed by atoms with E-state index in [2.05, 4.69) is 9.69 Å². The second kappa shape index (κ2) is 11.6. The van der Waals surface area contributed by atoms with Gasteiger partial charge in [-0.15, -0.1) is 0 Å².